The van der Waals surface area contributed by atoms with Crippen molar-refractivity contribution in [3.05, 3.63) is 65.7 Å². The van der Waals surface area contributed by atoms with Crippen LogP contribution >= 0.6 is 0 Å². The Labute approximate surface area is 133 Å². The quantitative estimate of drug-likeness (QED) is 0.844. The smallest absolute Gasteiger partial charge is 0.242 e. The average molecular weight is 296 g/mol. The molecule has 0 aliphatic heterocycles. The molecular formula is C19H24N2O. The summed E-state index contributed by atoms with van der Waals surface area (Å²) in [6.07, 6.45) is 0.957. The van der Waals surface area contributed by atoms with E-state index in [1.807, 2.05) is 48.2 Å². The van der Waals surface area contributed by atoms with E-state index in [4.69, 9.17) is 0 Å². The summed E-state index contributed by atoms with van der Waals surface area (Å²) < 4.78 is 0. The lowest BCUT2D eigenvalue weighted by molar-refractivity contribution is -0.129. The topological polar surface area (TPSA) is 32.3 Å². The van der Waals surface area contributed by atoms with Crippen molar-refractivity contribution in [2.45, 2.75) is 26.8 Å². The van der Waals surface area contributed by atoms with Crippen LogP contribution in [0.5, 0.6) is 0 Å². The van der Waals surface area contributed by atoms with Gasteiger partial charge < -0.3 is 10.2 Å². The Bertz CT molecular complexity index is 595. The predicted octanol–water partition coefficient (Wildman–Crippen LogP) is 3.71. The fourth-order valence-electron chi connectivity index (χ4n) is 2.46. The van der Waals surface area contributed by atoms with Crippen molar-refractivity contribution >= 4 is 11.6 Å². The van der Waals surface area contributed by atoms with Crippen molar-refractivity contribution in [1.82, 2.24) is 4.90 Å². The molecule has 116 valence electrons. The van der Waals surface area contributed by atoms with E-state index in [0.717, 1.165) is 17.7 Å². The molecule has 2 aromatic rings. The van der Waals surface area contributed by atoms with E-state index >= 15 is 0 Å². The average Bonchev–Trinajstić information content (AvgIpc) is 2.58. The molecule has 0 saturated carbocycles. The lowest BCUT2D eigenvalue weighted by Gasteiger charge is -2.22. The SMILES string of the molecule is CCc1ccccc1NCC(=O)N(CC)Cc1ccccc1. The van der Waals surface area contributed by atoms with Gasteiger partial charge in [0.25, 0.3) is 0 Å². The molecule has 0 atom stereocenters. The van der Waals surface area contributed by atoms with Gasteiger partial charge in [-0.3, -0.25) is 4.79 Å². The first-order valence-electron chi connectivity index (χ1n) is 7.88. The number of anilines is 1. The Kier molecular flexibility index (Phi) is 6.01. The number of aryl methyl sites for hydroxylation is 1. The third kappa shape index (κ3) is 4.35. The lowest BCUT2D eigenvalue weighted by Crippen LogP contribution is -2.35. The summed E-state index contributed by atoms with van der Waals surface area (Å²) in [4.78, 5) is 14.3. The van der Waals surface area contributed by atoms with Crippen molar-refractivity contribution in [2.75, 3.05) is 18.4 Å². The van der Waals surface area contributed by atoms with Crippen LogP contribution in [-0.4, -0.2) is 23.9 Å². The molecule has 2 aromatic carbocycles. The highest BCUT2D eigenvalue weighted by Gasteiger charge is 2.12. The van der Waals surface area contributed by atoms with E-state index in [2.05, 4.69) is 30.4 Å². The zero-order valence-electron chi connectivity index (χ0n) is 13.4. The highest BCUT2D eigenvalue weighted by Crippen LogP contribution is 2.15. The molecule has 0 spiro atoms. The summed E-state index contributed by atoms with van der Waals surface area (Å²) >= 11 is 0. The summed E-state index contributed by atoms with van der Waals surface area (Å²) in [7, 11) is 0. The number of carbonyl (C=O) groups excluding carboxylic acids is 1. The molecule has 2 rings (SSSR count). The third-order valence-electron chi connectivity index (χ3n) is 3.78. The molecule has 0 aliphatic carbocycles. The van der Waals surface area contributed by atoms with Gasteiger partial charge in [0.1, 0.15) is 0 Å². The maximum absolute atomic E-state index is 12.4. The van der Waals surface area contributed by atoms with Crippen LogP contribution in [0.25, 0.3) is 0 Å². The van der Waals surface area contributed by atoms with Gasteiger partial charge in [-0.15, -0.1) is 0 Å². The second kappa shape index (κ2) is 8.23. The van der Waals surface area contributed by atoms with Crippen molar-refractivity contribution in [2.24, 2.45) is 0 Å². The molecule has 0 bridgehead atoms. The number of carbonyl (C=O) groups is 1. The number of amides is 1. The molecule has 0 heterocycles. The molecular weight excluding hydrogens is 272 g/mol. The fraction of sp³-hybridized carbons (Fsp3) is 0.316. The molecule has 0 saturated heterocycles. The molecule has 3 heteroatoms. The molecule has 3 nitrogen and oxygen atoms in total. The molecule has 0 aromatic heterocycles. The number of hydrogen-bond donors (Lipinski definition) is 1. The number of rotatable bonds is 7. The van der Waals surface area contributed by atoms with Crippen LogP contribution in [0.2, 0.25) is 0 Å². The minimum Gasteiger partial charge on any atom is -0.376 e. The minimum atomic E-state index is 0.122. The molecule has 1 N–H and O–H groups in total. The Balaban J connectivity index is 1.95. The van der Waals surface area contributed by atoms with Crippen molar-refractivity contribution < 1.29 is 4.79 Å². The molecule has 1 amide bonds. The minimum absolute atomic E-state index is 0.122. The number of nitrogens with zero attached hydrogens (tertiary/aromatic N) is 1. The van der Waals surface area contributed by atoms with E-state index < -0.39 is 0 Å². The maximum Gasteiger partial charge on any atom is 0.242 e. The van der Waals surface area contributed by atoms with E-state index in [0.29, 0.717) is 19.6 Å². The Morgan fingerprint density at radius 1 is 1.00 bits per heavy atom. The predicted molar refractivity (Wildman–Crippen MR) is 91.8 cm³/mol. The summed E-state index contributed by atoms with van der Waals surface area (Å²) in [5.41, 5.74) is 3.45. The Morgan fingerprint density at radius 3 is 2.36 bits per heavy atom. The molecule has 0 fully saturated rings. The van der Waals surface area contributed by atoms with Crippen LogP contribution in [0.15, 0.2) is 54.6 Å². The molecule has 0 aliphatic rings. The fourth-order valence-corrected chi connectivity index (χ4v) is 2.46. The van der Waals surface area contributed by atoms with E-state index in [1.165, 1.54) is 5.56 Å². The standard InChI is InChI=1S/C19H24N2O/c1-3-17-12-8-9-13-18(17)20-14-19(22)21(4-2)15-16-10-6-5-7-11-16/h5-13,20H,3-4,14-15H2,1-2H3. The molecule has 0 unspecified atom stereocenters. The Morgan fingerprint density at radius 2 is 1.68 bits per heavy atom. The van der Waals surface area contributed by atoms with E-state index in [1.54, 1.807) is 0 Å². The van der Waals surface area contributed by atoms with Gasteiger partial charge in [0, 0.05) is 18.8 Å². The van der Waals surface area contributed by atoms with Crippen molar-refractivity contribution in [3.63, 3.8) is 0 Å². The van der Waals surface area contributed by atoms with Crippen LogP contribution in [0.3, 0.4) is 0 Å². The largest absolute Gasteiger partial charge is 0.376 e. The summed E-state index contributed by atoms with van der Waals surface area (Å²) in [5.74, 6) is 0.122. The highest BCUT2D eigenvalue weighted by atomic mass is 16.2. The lowest BCUT2D eigenvalue weighted by atomic mass is 10.1. The van der Waals surface area contributed by atoms with Gasteiger partial charge in [-0.2, -0.15) is 0 Å². The van der Waals surface area contributed by atoms with Crippen LogP contribution in [0, 0.1) is 0 Å². The number of para-hydroxylation sites is 1. The monoisotopic (exact) mass is 296 g/mol. The first kappa shape index (κ1) is 16.1. The van der Waals surface area contributed by atoms with E-state index in [9.17, 15) is 4.79 Å². The normalized spacial score (nSPS) is 10.3. The second-order valence-electron chi connectivity index (χ2n) is 5.26. The van der Waals surface area contributed by atoms with E-state index in [-0.39, 0.29) is 5.91 Å². The van der Waals surface area contributed by atoms with Gasteiger partial charge in [0.2, 0.25) is 5.91 Å². The third-order valence-corrected chi connectivity index (χ3v) is 3.78. The van der Waals surface area contributed by atoms with Gasteiger partial charge >= 0.3 is 0 Å². The molecule has 22 heavy (non-hydrogen) atoms. The second-order valence-corrected chi connectivity index (χ2v) is 5.26. The molecule has 0 radical (unpaired) electrons. The first-order chi connectivity index (χ1) is 10.7. The number of likely N-dealkylation sites (N-methyl/N-ethyl adjacent to an activating group) is 1. The van der Waals surface area contributed by atoms with Crippen LogP contribution in [0.4, 0.5) is 5.69 Å². The van der Waals surface area contributed by atoms with Crippen molar-refractivity contribution in [3.8, 4) is 0 Å². The zero-order valence-corrected chi connectivity index (χ0v) is 13.4. The number of benzene rings is 2. The summed E-state index contributed by atoms with van der Waals surface area (Å²) in [5, 5.41) is 3.27. The van der Waals surface area contributed by atoms with Gasteiger partial charge in [0.15, 0.2) is 0 Å². The van der Waals surface area contributed by atoms with Gasteiger partial charge in [0.05, 0.1) is 6.54 Å². The van der Waals surface area contributed by atoms with Gasteiger partial charge in [-0.1, -0.05) is 55.5 Å². The number of nitrogens with one attached hydrogen (secondary N) is 1. The van der Waals surface area contributed by atoms with Crippen LogP contribution in [-0.2, 0) is 17.8 Å². The van der Waals surface area contributed by atoms with Crippen molar-refractivity contribution in [1.29, 1.82) is 0 Å². The maximum atomic E-state index is 12.4. The number of hydrogen-bond acceptors (Lipinski definition) is 2. The van der Waals surface area contributed by atoms with Gasteiger partial charge in [-0.25, -0.2) is 0 Å². The first-order valence-corrected chi connectivity index (χ1v) is 7.88. The Hall–Kier alpha value is -2.29. The zero-order chi connectivity index (χ0) is 15.8. The van der Waals surface area contributed by atoms with Crippen LogP contribution < -0.4 is 5.32 Å². The highest BCUT2D eigenvalue weighted by molar-refractivity contribution is 5.81. The summed E-state index contributed by atoms with van der Waals surface area (Å²) in [6, 6.07) is 18.2. The summed E-state index contributed by atoms with van der Waals surface area (Å²) in [6.45, 7) is 5.84. The van der Waals surface area contributed by atoms with Gasteiger partial charge in [-0.05, 0) is 30.5 Å². The van der Waals surface area contributed by atoms with Crippen LogP contribution in [0.1, 0.15) is 25.0 Å².